The molecule has 0 spiro atoms. The summed E-state index contributed by atoms with van der Waals surface area (Å²) in [6.45, 7) is 1.88. The first-order valence-electron chi connectivity index (χ1n) is 7.51. The van der Waals surface area contributed by atoms with Crippen LogP contribution in [0.25, 0.3) is 0 Å². The third-order valence-corrected chi connectivity index (χ3v) is 5.33. The van der Waals surface area contributed by atoms with E-state index >= 15 is 0 Å². The van der Waals surface area contributed by atoms with Gasteiger partial charge in [-0.25, -0.2) is 8.42 Å². The fourth-order valence-electron chi connectivity index (χ4n) is 2.15. The zero-order chi connectivity index (χ0) is 18.7. The van der Waals surface area contributed by atoms with Crippen LogP contribution in [0.3, 0.4) is 0 Å². The summed E-state index contributed by atoms with van der Waals surface area (Å²) < 4.78 is 33.0. The van der Waals surface area contributed by atoms with Gasteiger partial charge < -0.3 is 4.74 Å². The summed E-state index contributed by atoms with van der Waals surface area (Å²) in [5.41, 5.74) is 1.22. The number of pyridine rings is 1. The number of nitrogens with zero attached hydrogens (tertiary/aromatic N) is 1. The molecule has 8 heteroatoms. The van der Waals surface area contributed by atoms with Crippen LogP contribution >= 0.6 is 23.2 Å². The van der Waals surface area contributed by atoms with Crippen LogP contribution in [0.4, 0.5) is 5.69 Å². The normalized spacial score (nSPS) is 11.2. The number of sulfonamides is 1. The van der Waals surface area contributed by atoms with Crippen molar-refractivity contribution < 1.29 is 13.2 Å². The van der Waals surface area contributed by atoms with Gasteiger partial charge in [0.15, 0.2) is 0 Å². The van der Waals surface area contributed by atoms with Crippen molar-refractivity contribution in [3.8, 4) is 11.5 Å². The molecule has 5 nitrogen and oxygen atoms in total. The minimum atomic E-state index is -3.73. The molecule has 0 radical (unpaired) electrons. The van der Waals surface area contributed by atoms with E-state index in [1.807, 2.05) is 6.92 Å². The predicted octanol–water partition coefficient (Wildman–Crippen LogP) is 5.29. The molecule has 1 aromatic heterocycles. The molecule has 0 saturated carbocycles. The van der Waals surface area contributed by atoms with Crippen molar-refractivity contribution in [2.75, 3.05) is 4.72 Å². The molecule has 134 valence electrons. The third kappa shape index (κ3) is 4.46. The lowest BCUT2D eigenvalue weighted by Gasteiger charge is -2.12. The SMILES string of the molecule is Cc1ccc(S(=O)(=O)Nc2ccc(Oc3cncc(Cl)c3)cc2Cl)cc1. The maximum absolute atomic E-state index is 12.5. The van der Waals surface area contributed by atoms with Crippen molar-refractivity contribution in [3.63, 3.8) is 0 Å². The molecule has 1 heterocycles. The fraction of sp³-hybridized carbons (Fsp3) is 0.0556. The lowest BCUT2D eigenvalue weighted by atomic mass is 10.2. The Morgan fingerprint density at radius 1 is 0.962 bits per heavy atom. The summed E-state index contributed by atoms with van der Waals surface area (Å²) in [5, 5.41) is 0.643. The minimum absolute atomic E-state index is 0.157. The van der Waals surface area contributed by atoms with Crippen molar-refractivity contribution >= 4 is 38.9 Å². The zero-order valence-corrected chi connectivity index (χ0v) is 15.9. The van der Waals surface area contributed by atoms with E-state index in [2.05, 4.69) is 9.71 Å². The Bertz CT molecular complexity index is 1040. The van der Waals surface area contributed by atoms with Gasteiger partial charge in [-0.1, -0.05) is 40.9 Å². The van der Waals surface area contributed by atoms with Crippen molar-refractivity contribution in [1.29, 1.82) is 0 Å². The second-order valence-electron chi connectivity index (χ2n) is 5.50. The lowest BCUT2D eigenvalue weighted by Crippen LogP contribution is -2.13. The zero-order valence-electron chi connectivity index (χ0n) is 13.6. The van der Waals surface area contributed by atoms with E-state index in [9.17, 15) is 8.42 Å². The van der Waals surface area contributed by atoms with E-state index in [1.165, 1.54) is 36.7 Å². The first-order chi connectivity index (χ1) is 12.3. The maximum atomic E-state index is 12.5. The molecule has 0 aliphatic rings. The standard InChI is InChI=1S/C18H14Cl2N2O3S/c1-12-2-5-16(6-3-12)26(23,24)22-18-7-4-14(9-17(18)20)25-15-8-13(19)10-21-11-15/h2-11,22H,1H3. The topological polar surface area (TPSA) is 68.3 Å². The number of anilines is 1. The molecule has 0 fully saturated rings. The van der Waals surface area contributed by atoms with Crippen molar-refractivity contribution in [2.24, 2.45) is 0 Å². The Balaban J connectivity index is 1.80. The smallest absolute Gasteiger partial charge is 0.261 e. The average Bonchev–Trinajstić information content (AvgIpc) is 2.58. The van der Waals surface area contributed by atoms with Gasteiger partial charge in [-0.2, -0.15) is 0 Å². The molecule has 26 heavy (non-hydrogen) atoms. The van der Waals surface area contributed by atoms with Gasteiger partial charge in [0.2, 0.25) is 0 Å². The van der Waals surface area contributed by atoms with Gasteiger partial charge in [0.05, 0.1) is 26.8 Å². The highest BCUT2D eigenvalue weighted by Gasteiger charge is 2.16. The largest absolute Gasteiger partial charge is 0.456 e. The van der Waals surface area contributed by atoms with Gasteiger partial charge in [0, 0.05) is 18.3 Å². The molecule has 1 N–H and O–H groups in total. The van der Waals surface area contributed by atoms with Crippen LogP contribution in [0.5, 0.6) is 11.5 Å². The first-order valence-corrected chi connectivity index (χ1v) is 9.75. The van der Waals surface area contributed by atoms with Gasteiger partial charge in [-0.15, -0.1) is 0 Å². The van der Waals surface area contributed by atoms with Gasteiger partial charge in [-0.3, -0.25) is 9.71 Å². The van der Waals surface area contributed by atoms with E-state index in [0.29, 0.717) is 16.5 Å². The number of hydrogen-bond donors (Lipinski definition) is 1. The molecule has 0 aliphatic heterocycles. The Morgan fingerprint density at radius 2 is 1.69 bits per heavy atom. The lowest BCUT2D eigenvalue weighted by molar-refractivity contribution is 0.480. The average molecular weight is 409 g/mol. The molecule has 2 aromatic carbocycles. The molecule has 3 rings (SSSR count). The minimum Gasteiger partial charge on any atom is -0.456 e. The Kier molecular flexibility index (Phi) is 5.36. The Hall–Kier alpha value is -2.28. The van der Waals surface area contributed by atoms with Crippen molar-refractivity contribution in [3.05, 3.63) is 76.5 Å². The Labute approximate surface area is 161 Å². The van der Waals surface area contributed by atoms with Crippen molar-refractivity contribution in [1.82, 2.24) is 4.98 Å². The van der Waals surface area contributed by atoms with Crippen molar-refractivity contribution in [2.45, 2.75) is 11.8 Å². The molecule has 0 bridgehead atoms. The number of aryl methyl sites for hydroxylation is 1. The summed E-state index contributed by atoms with van der Waals surface area (Å²) in [6.07, 6.45) is 3.00. The summed E-state index contributed by atoms with van der Waals surface area (Å²) in [7, 11) is -3.73. The fourth-order valence-corrected chi connectivity index (χ4v) is 3.66. The van der Waals surface area contributed by atoms with E-state index in [0.717, 1.165) is 5.56 Å². The monoisotopic (exact) mass is 408 g/mol. The van der Waals surface area contributed by atoms with Gasteiger partial charge in [-0.05, 0) is 31.2 Å². The number of halogens is 2. The molecular weight excluding hydrogens is 395 g/mol. The van der Waals surface area contributed by atoms with Gasteiger partial charge in [0.1, 0.15) is 11.5 Å². The van der Waals surface area contributed by atoms with Crippen LogP contribution in [0.1, 0.15) is 5.56 Å². The molecule has 0 amide bonds. The number of benzene rings is 2. The van der Waals surface area contributed by atoms with Crippen LogP contribution in [-0.4, -0.2) is 13.4 Å². The van der Waals surface area contributed by atoms with E-state index in [1.54, 1.807) is 24.3 Å². The highest BCUT2D eigenvalue weighted by molar-refractivity contribution is 7.92. The van der Waals surface area contributed by atoms with Crippen LogP contribution in [-0.2, 0) is 10.0 Å². The van der Waals surface area contributed by atoms with Crippen LogP contribution in [0.2, 0.25) is 10.0 Å². The van der Waals surface area contributed by atoms with E-state index < -0.39 is 10.0 Å². The van der Waals surface area contributed by atoms with Crippen LogP contribution in [0.15, 0.2) is 65.8 Å². The second kappa shape index (κ2) is 7.53. The first kappa shape index (κ1) is 18.5. The van der Waals surface area contributed by atoms with Crippen LogP contribution in [0, 0.1) is 6.92 Å². The van der Waals surface area contributed by atoms with Gasteiger partial charge in [0.25, 0.3) is 10.0 Å². The number of aromatic nitrogens is 1. The summed E-state index contributed by atoms with van der Waals surface area (Å²) in [4.78, 5) is 4.08. The van der Waals surface area contributed by atoms with E-state index in [-0.39, 0.29) is 15.6 Å². The van der Waals surface area contributed by atoms with E-state index in [4.69, 9.17) is 27.9 Å². The highest BCUT2D eigenvalue weighted by atomic mass is 35.5. The number of hydrogen-bond acceptors (Lipinski definition) is 4. The molecule has 0 unspecified atom stereocenters. The summed E-state index contributed by atoms with van der Waals surface area (Å²) in [6, 6.07) is 12.8. The molecule has 0 aliphatic carbocycles. The molecular formula is C18H14Cl2N2O3S. The molecule has 3 aromatic rings. The van der Waals surface area contributed by atoms with Gasteiger partial charge >= 0.3 is 0 Å². The molecule has 0 atom stereocenters. The maximum Gasteiger partial charge on any atom is 0.261 e. The third-order valence-electron chi connectivity index (χ3n) is 3.43. The summed E-state index contributed by atoms with van der Waals surface area (Å²) >= 11 is 12.1. The number of nitrogens with one attached hydrogen (secondary N) is 1. The number of rotatable bonds is 5. The van der Waals surface area contributed by atoms with Crippen LogP contribution < -0.4 is 9.46 Å². The second-order valence-corrected chi connectivity index (χ2v) is 8.03. The Morgan fingerprint density at radius 3 is 2.35 bits per heavy atom. The quantitative estimate of drug-likeness (QED) is 0.622. The summed E-state index contributed by atoms with van der Waals surface area (Å²) in [5.74, 6) is 0.874. The highest BCUT2D eigenvalue weighted by Crippen LogP contribution is 2.31. The predicted molar refractivity (Wildman–Crippen MR) is 103 cm³/mol. The number of ether oxygens (including phenoxy) is 1. The molecule has 0 saturated heterocycles.